The number of ether oxygens (including phenoxy) is 2. The molecule has 3 aromatic rings. The Morgan fingerprint density at radius 2 is 1.83 bits per heavy atom. The van der Waals surface area contributed by atoms with Gasteiger partial charge in [-0.3, -0.25) is 0 Å². The minimum Gasteiger partial charge on any atom is -0.494 e. The first-order chi connectivity index (χ1) is 17.3. The lowest BCUT2D eigenvalue weighted by atomic mass is 9.61. The number of methoxy groups -OCH3 is 2. The molecule has 2 heterocycles. The highest BCUT2D eigenvalue weighted by atomic mass is 35.5. The molecule has 1 unspecified atom stereocenters. The molecule has 1 saturated carbocycles. The van der Waals surface area contributed by atoms with Gasteiger partial charge in [0.1, 0.15) is 5.02 Å². The average molecular weight is 544 g/mol. The summed E-state index contributed by atoms with van der Waals surface area (Å²) in [7, 11) is 6.05. The van der Waals surface area contributed by atoms with Crippen molar-refractivity contribution in [3.8, 4) is 5.75 Å². The Bertz CT molecular complexity index is 1260. The third kappa shape index (κ3) is 4.87. The Hall–Kier alpha value is -2.17. The first-order valence-electron chi connectivity index (χ1n) is 11.9. The van der Waals surface area contributed by atoms with Crippen molar-refractivity contribution in [3.63, 3.8) is 0 Å². The molecular formula is C26H32ClN5O2P2. The molecule has 0 bridgehead atoms. The van der Waals surface area contributed by atoms with Crippen molar-refractivity contribution < 1.29 is 9.47 Å². The van der Waals surface area contributed by atoms with Gasteiger partial charge in [0.05, 0.1) is 25.1 Å². The molecule has 2 aromatic carbocycles. The van der Waals surface area contributed by atoms with E-state index in [0.29, 0.717) is 28.3 Å². The van der Waals surface area contributed by atoms with Gasteiger partial charge in [0, 0.05) is 42.3 Å². The fourth-order valence-electron chi connectivity index (χ4n) is 5.18. The van der Waals surface area contributed by atoms with Crippen LogP contribution in [0.15, 0.2) is 42.6 Å². The molecule has 10 heteroatoms. The number of rotatable bonds is 8. The van der Waals surface area contributed by atoms with Crippen LogP contribution < -0.4 is 30.9 Å². The van der Waals surface area contributed by atoms with Crippen molar-refractivity contribution in [2.24, 2.45) is 5.41 Å². The fourth-order valence-corrected chi connectivity index (χ4v) is 6.87. The molecule has 0 radical (unpaired) electrons. The molecule has 2 aliphatic rings. The van der Waals surface area contributed by atoms with Crippen molar-refractivity contribution in [1.29, 1.82) is 0 Å². The van der Waals surface area contributed by atoms with E-state index in [2.05, 4.69) is 66.3 Å². The molecule has 1 atom stereocenters. The summed E-state index contributed by atoms with van der Waals surface area (Å²) in [6.45, 7) is 6.56. The van der Waals surface area contributed by atoms with Crippen molar-refractivity contribution >= 4 is 68.2 Å². The molecular weight excluding hydrogens is 512 g/mol. The highest BCUT2D eigenvalue weighted by molar-refractivity contribution is 7.64. The summed E-state index contributed by atoms with van der Waals surface area (Å²) in [4.78, 5) is 11.5. The van der Waals surface area contributed by atoms with Crippen LogP contribution in [0, 0.1) is 5.41 Å². The second kappa shape index (κ2) is 10.3. The van der Waals surface area contributed by atoms with Crippen LogP contribution in [0.5, 0.6) is 5.75 Å². The molecule has 2 fully saturated rings. The second-order valence-corrected chi connectivity index (χ2v) is 13.0. The Labute approximate surface area is 221 Å². The van der Waals surface area contributed by atoms with Crippen LogP contribution in [0.3, 0.4) is 0 Å². The third-order valence-electron chi connectivity index (χ3n) is 7.05. The van der Waals surface area contributed by atoms with E-state index in [-0.39, 0.29) is 7.92 Å². The smallest absolute Gasteiger partial charge is 0.229 e. The van der Waals surface area contributed by atoms with Crippen LogP contribution in [-0.4, -0.2) is 56.7 Å². The Morgan fingerprint density at radius 1 is 1.08 bits per heavy atom. The fraction of sp³-hybridized carbons (Fsp3) is 0.385. The number of hydrogen-bond donors (Lipinski definition) is 2. The molecule has 1 aliphatic heterocycles. The monoisotopic (exact) mass is 543 g/mol. The number of benzene rings is 2. The molecule has 1 aliphatic carbocycles. The lowest BCUT2D eigenvalue weighted by Gasteiger charge is -2.59. The molecule has 190 valence electrons. The molecule has 1 saturated heterocycles. The van der Waals surface area contributed by atoms with Crippen molar-refractivity contribution in [2.45, 2.75) is 18.9 Å². The van der Waals surface area contributed by atoms with E-state index in [1.165, 1.54) is 11.0 Å². The second-order valence-electron chi connectivity index (χ2n) is 9.75. The minimum atomic E-state index is -0.286. The van der Waals surface area contributed by atoms with E-state index in [0.717, 1.165) is 48.4 Å². The zero-order valence-corrected chi connectivity index (χ0v) is 23.8. The Kier molecular flexibility index (Phi) is 7.29. The maximum absolute atomic E-state index is 6.45. The van der Waals surface area contributed by atoms with E-state index in [1.54, 1.807) is 20.4 Å². The zero-order chi connectivity index (χ0) is 25.4. The predicted octanol–water partition coefficient (Wildman–Crippen LogP) is 5.11. The normalized spacial score (nSPS) is 16.6. The first kappa shape index (κ1) is 25.5. The topological polar surface area (TPSA) is 71.5 Å². The predicted molar refractivity (Wildman–Crippen MR) is 155 cm³/mol. The van der Waals surface area contributed by atoms with E-state index >= 15 is 0 Å². The summed E-state index contributed by atoms with van der Waals surface area (Å²) >= 11 is 6.45. The molecule has 0 amide bonds. The summed E-state index contributed by atoms with van der Waals surface area (Å²) < 4.78 is 11.3. The molecule has 36 heavy (non-hydrogen) atoms. The quantitative estimate of drug-likeness (QED) is 0.383. The maximum Gasteiger partial charge on any atom is 0.229 e. The number of para-hydroxylation sites is 1. The van der Waals surface area contributed by atoms with Gasteiger partial charge in [-0.05, 0) is 49.7 Å². The Balaban J connectivity index is 1.34. The van der Waals surface area contributed by atoms with Crippen LogP contribution >= 0.6 is 28.8 Å². The summed E-state index contributed by atoms with van der Waals surface area (Å²) in [5.41, 5.74) is 3.38. The highest BCUT2D eigenvalue weighted by Gasteiger charge is 2.52. The van der Waals surface area contributed by atoms with Crippen LogP contribution in [0.2, 0.25) is 5.02 Å². The van der Waals surface area contributed by atoms with Crippen LogP contribution in [0.25, 0.3) is 0 Å². The van der Waals surface area contributed by atoms with Gasteiger partial charge in [0.25, 0.3) is 0 Å². The number of halogens is 1. The van der Waals surface area contributed by atoms with Crippen molar-refractivity contribution in [2.75, 3.05) is 56.2 Å². The average Bonchev–Trinajstić information content (AvgIpc) is 2.81. The van der Waals surface area contributed by atoms with Gasteiger partial charge in [-0.2, -0.15) is 4.98 Å². The van der Waals surface area contributed by atoms with Crippen LogP contribution in [0.1, 0.15) is 12.8 Å². The van der Waals surface area contributed by atoms with E-state index < -0.39 is 0 Å². The number of aromatic nitrogens is 2. The molecule has 1 spiro atoms. The van der Waals surface area contributed by atoms with E-state index in [4.69, 9.17) is 21.1 Å². The summed E-state index contributed by atoms with van der Waals surface area (Å²) in [5, 5.41) is 9.45. The van der Waals surface area contributed by atoms with Crippen LogP contribution in [-0.2, 0) is 4.74 Å². The third-order valence-corrected chi connectivity index (χ3v) is 9.24. The van der Waals surface area contributed by atoms with E-state index in [1.807, 2.05) is 18.2 Å². The number of hydrogen-bond acceptors (Lipinski definition) is 7. The highest BCUT2D eigenvalue weighted by Crippen LogP contribution is 2.51. The lowest BCUT2D eigenvalue weighted by Crippen LogP contribution is -2.64. The first-order valence-corrected chi connectivity index (χ1v) is 15.1. The zero-order valence-electron chi connectivity index (χ0n) is 21.0. The van der Waals surface area contributed by atoms with Gasteiger partial charge in [-0.15, -0.1) is 0 Å². The van der Waals surface area contributed by atoms with Crippen LogP contribution in [0.4, 0.5) is 28.8 Å². The SMILES string of the molecule is COc1c(Nc2ncc(Cl)c(Nc3ccccc3P(C)C)n2)ccc(N2CC3(CC(OC)C3)C2)c1P. The molecule has 5 rings (SSSR count). The lowest BCUT2D eigenvalue weighted by molar-refractivity contribution is -0.0730. The summed E-state index contributed by atoms with van der Waals surface area (Å²) in [6, 6.07) is 12.4. The van der Waals surface area contributed by atoms with Gasteiger partial charge < -0.3 is 25.0 Å². The van der Waals surface area contributed by atoms with Crippen molar-refractivity contribution in [3.05, 3.63) is 47.6 Å². The summed E-state index contributed by atoms with van der Waals surface area (Å²) in [6.07, 6.45) is 4.32. The van der Waals surface area contributed by atoms with Gasteiger partial charge >= 0.3 is 0 Å². The van der Waals surface area contributed by atoms with Gasteiger partial charge in [-0.25, -0.2) is 4.98 Å². The van der Waals surface area contributed by atoms with Gasteiger partial charge in [0.15, 0.2) is 11.6 Å². The van der Waals surface area contributed by atoms with Gasteiger partial charge in [-0.1, -0.05) is 47.0 Å². The molecule has 7 nitrogen and oxygen atoms in total. The minimum absolute atomic E-state index is 0.286. The van der Waals surface area contributed by atoms with Crippen molar-refractivity contribution in [1.82, 2.24) is 9.97 Å². The largest absolute Gasteiger partial charge is 0.494 e. The molecule has 1 aromatic heterocycles. The maximum atomic E-state index is 6.45. The number of nitrogens with zero attached hydrogens (tertiary/aromatic N) is 3. The number of nitrogens with one attached hydrogen (secondary N) is 2. The number of anilines is 5. The van der Waals surface area contributed by atoms with E-state index in [9.17, 15) is 0 Å². The standard InChI is InChI=1S/C26H32ClN5O2P2/c1-33-16-11-26(12-16)14-32(15-26)20-10-9-19(22(34-2)23(20)35)30-25-28-13-17(27)24(31-25)29-18-7-5-6-8-21(18)36(3)4/h5-10,13,16H,11-12,14-15,35H2,1-4H3,(H2,28,29,30,31). The summed E-state index contributed by atoms with van der Waals surface area (Å²) in [5.74, 6) is 1.75. The molecule has 2 N–H and O–H groups in total. The van der Waals surface area contributed by atoms with Gasteiger partial charge in [0.2, 0.25) is 5.95 Å². The Morgan fingerprint density at radius 3 is 2.53 bits per heavy atom.